The summed E-state index contributed by atoms with van der Waals surface area (Å²) in [6, 6.07) is 18.4. The van der Waals surface area contributed by atoms with E-state index in [0.29, 0.717) is 42.8 Å². The van der Waals surface area contributed by atoms with Gasteiger partial charge >= 0.3 is 5.69 Å². The van der Waals surface area contributed by atoms with Crippen molar-refractivity contribution < 1.29 is 9.53 Å². The molecule has 0 radical (unpaired) electrons. The van der Waals surface area contributed by atoms with Gasteiger partial charge in [-0.25, -0.2) is 4.79 Å². The first-order valence-electron chi connectivity index (χ1n) is 10.0. The molecule has 0 aliphatic heterocycles. The predicted molar refractivity (Wildman–Crippen MR) is 116 cm³/mol. The second-order valence-corrected chi connectivity index (χ2v) is 7.05. The first-order chi connectivity index (χ1) is 14.6. The van der Waals surface area contributed by atoms with Gasteiger partial charge in [-0.2, -0.15) is 0 Å². The zero-order chi connectivity index (χ0) is 21.5. The van der Waals surface area contributed by atoms with E-state index in [1.165, 1.54) is 0 Å². The van der Waals surface area contributed by atoms with Gasteiger partial charge in [-0.15, -0.1) is 0 Å². The van der Waals surface area contributed by atoms with Crippen LogP contribution in [-0.4, -0.2) is 28.6 Å². The number of Topliss-reactive ketones (excluding diaryl/α,β-unsaturated/α-hetero) is 1. The normalized spacial score (nSPS) is 10.9. The van der Waals surface area contributed by atoms with Gasteiger partial charge in [-0.1, -0.05) is 67.6 Å². The lowest BCUT2D eigenvalue weighted by atomic mass is 10.0. The second kappa shape index (κ2) is 9.98. The Bertz CT molecular complexity index is 1120. The zero-order valence-electron chi connectivity index (χ0n) is 17.3. The van der Waals surface area contributed by atoms with Gasteiger partial charge in [0.1, 0.15) is 0 Å². The predicted octanol–water partition coefficient (Wildman–Crippen LogP) is 2.69. The molecule has 0 fully saturated rings. The molecule has 156 valence electrons. The van der Waals surface area contributed by atoms with E-state index in [9.17, 15) is 14.4 Å². The monoisotopic (exact) mass is 406 g/mol. The van der Waals surface area contributed by atoms with E-state index in [1.54, 1.807) is 35.9 Å². The molecule has 0 unspecified atom stereocenters. The van der Waals surface area contributed by atoms with Crippen molar-refractivity contribution in [2.45, 2.75) is 32.9 Å². The molecular formula is C24H26N2O4. The Morgan fingerprint density at radius 2 is 1.57 bits per heavy atom. The van der Waals surface area contributed by atoms with E-state index >= 15 is 0 Å². The molecule has 2 aromatic carbocycles. The van der Waals surface area contributed by atoms with E-state index in [4.69, 9.17) is 4.74 Å². The van der Waals surface area contributed by atoms with Gasteiger partial charge in [0.2, 0.25) is 0 Å². The van der Waals surface area contributed by atoms with Crippen molar-refractivity contribution >= 4 is 5.78 Å². The number of methoxy groups -OCH3 is 1. The molecule has 1 heterocycles. The zero-order valence-corrected chi connectivity index (χ0v) is 17.3. The minimum Gasteiger partial charge on any atom is -0.383 e. The summed E-state index contributed by atoms with van der Waals surface area (Å²) in [5, 5.41) is 0. The molecule has 0 saturated heterocycles. The molecule has 0 saturated carbocycles. The van der Waals surface area contributed by atoms with Crippen LogP contribution in [0.2, 0.25) is 0 Å². The van der Waals surface area contributed by atoms with Gasteiger partial charge in [0.25, 0.3) is 5.56 Å². The topological polar surface area (TPSA) is 70.3 Å². The summed E-state index contributed by atoms with van der Waals surface area (Å²) in [6.45, 7) is 2.24. The molecule has 0 aliphatic carbocycles. The highest BCUT2D eigenvalue weighted by Gasteiger charge is 2.20. The molecule has 30 heavy (non-hydrogen) atoms. The molecule has 3 aromatic rings. The highest BCUT2D eigenvalue weighted by molar-refractivity contribution is 5.95. The van der Waals surface area contributed by atoms with Crippen molar-refractivity contribution in [3.05, 3.63) is 104 Å². The summed E-state index contributed by atoms with van der Waals surface area (Å²) in [5.74, 6) is -0.272. The fourth-order valence-corrected chi connectivity index (χ4v) is 3.56. The van der Waals surface area contributed by atoms with Crippen molar-refractivity contribution in [2.75, 3.05) is 13.7 Å². The van der Waals surface area contributed by atoms with Gasteiger partial charge in [0.15, 0.2) is 5.78 Å². The largest absolute Gasteiger partial charge is 0.383 e. The summed E-state index contributed by atoms with van der Waals surface area (Å²) in [4.78, 5) is 39.1. The summed E-state index contributed by atoms with van der Waals surface area (Å²) >= 11 is 0. The van der Waals surface area contributed by atoms with Gasteiger partial charge < -0.3 is 4.74 Å². The Morgan fingerprint density at radius 1 is 0.933 bits per heavy atom. The Hall–Kier alpha value is -3.25. The second-order valence-electron chi connectivity index (χ2n) is 7.05. The highest BCUT2D eigenvalue weighted by Crippen LogP contribution is 2.12. The summed E-state index contributed by atoms with van der Waals surface area (Å²) in [6.07, 6.45) is 0.930. The van der Waals surface area contributed by atoms with E-state index in [-0.39, 0.29) is 12.3 Å². The number of rotatable bonds is 9. The van der Waals surface area contributed by atoms with Gasteiger partial charge in [-0.05, 0) is 12.0 Å². The number of aromatic nitrogens is 2. The fourth-order valence-electron chi connectivity index (χ4n) is 3.56. The fraction of sp³-hybridized carbons (Fsp3) is 0.292. The van der Waals surface area contributed by atoms with Crippen LogP contribution in [0.15, 0.2) is 70.3 Å². The van der Waals surface area contributed by atoms with E-state index in [2.05, 4.69) is 0 Å². The average molecular weight is 406 g/mol. The van der Waals surface area contributed by atoms with Crippen LogP contribution >= 0.6 is 0 Å². The molecule has 3 rings (SSSR count). The van der Waals surface area contributed by atoms with Crippen molar-refractivity contribution in [1.29, 1.82) is 0 Å². The summed E-state index contributed by atoms with van der Waals surface area (Å²) in [7, 11) is 1.57. The number of hydrogen-bond donors (Lipinski definition) is 0. The summed E-state index contributed by atoms with van der Waals surface area (Å²) < 4.78 is 7.82. The van der Waals surface area contributed by atoms with Gasteiger partial charge in [0, 0.05) is 30.4 Å². The third-order valence-corrected chi connectivity index (χ3v) is 5.12. The average Bonchev–Trinajstić information content (AvgIpc) is 2.78. The lowest BCUT2D eigenvalue weighted by Gasteiger charge is -2.19. The Kier molecular flexibility index (Phi) is 7.14. The molecule has 6 heteroatoms. The van der Waals surface area contributed by atoms with Gasteiger partial charge in [0.05, 0.1) is 19.7 Å². The van der Waals surface area contributed by atoms with Crippen molar-refractivity contribution in [1.82, 2.24) is 9.13 Å². The standard InChI is InChI=1S/C24H26N2O4/c1-3-20-21(16-18-10-6-4-7-11-18)25(14-15-30-2)24(29)26(23(20)28)17-22(27)19-12-8-5-9-13-19/h4-13H,3,14-17H2,1-2H3. The number of ether oxygens (including phenoxy) is 1. The molecule has 1 aromatic heterocycles. The van der Waals surface area contributed by atoms with Crippen LogP contribution in [0.5, 0.6) is 0 Å². The van der Waals surface area contributed by atoms with Crippen molar-refractivity contribution in [3.8, 4) is 0 Å². The molecule has 0 amide bonds. The maximum Gasteiger partial charge on any atom is 0.331 e. The maximum absolute atomic E-state index is 13.3. The van der Waals surface area contributed by atoms with Crippen LogP contribution < -0.4 is 11.2 Å². The van der Waals surface area contributed by atoms with E-state index in [0.717, 1.165) is 10.1 Å². The minimum absolute atomic E-state index is 0.272. The molecule has 0 aliphatic rings. The Morgan fingerprint density at radius 3 is 2.17 bits per heavy atom. The summed E-state index contributed by atoms with van der Waals surface area (Å²) in [5.41, 5.74) is 1.83. The van der Waals surface area contributed by atoms with E-state index < -0.39 is 11.2 Å². The molecule has 0 atom stereocenters. The number of benzene rings is 2. The highest BCUT2D eigenvalue weighted by atomic mass is 16.5. The number of nitrogens with zero attached hydrogens (tertiary/aromatic N) is 2. The number of hydrogen-bond acceptors (Lipinski definition) is 4. The molecule has 6 nitrogen and oxygen atoms in total. The SMILES string of the molecule is CCc1c(Cc2ccccc2)n(CCOC)c(=O)n(CC(=O)c2ccccc2)c1=O. The third kappa shape index (κ3) is 4.66. The first kappa shape index (κ1) is 21.5. The molecule has 0 N–H and O–H groups in total. The van der Waals surface area contributed by atoms with Crippen LogP contribution in [0.4, 0.5) is 0 Å². The van der Waals surface area contributed by atoms with Crippen LogP contribution in [0.3, 0.4) is 0 Å². The molecular weight excluding hydrogens is 380 g/mol. The smallest absolute Gasteiger partial charge is 0.331 e. The van der Waals surface area contributed by atoms with Crippen molar-refractivity contribution in [3.63, 3.8) is 0 Å². The molecule has 0 bridgehead atoms. The lowest BCUT2D eigenvalue weighted by molar-refractivity contribution is 0.0968. The quantitative estimate of drug-likeness (QED) is 0.513. The van der Waals surface area contributed by atoms with E-state index in [1.807, 2.05) is 43.3 Å². The number of carbonyl (C=O) groups is 1. The minimum atomic E-state index is -0.482. The Labute approximate surface area is 175 Å². The van der Waals surface area contributed by atoms with Gasteiger partial charge in [-0.3, -0.25) is 18.7 Å². The Balaban J connectivity index is 2.11. The number of carbonyl (C=O) groups excluding carboxylic acids is 1. The van der Waals surface area contributed by atoms with Crippen LogP contribution in [-0.2, 0) is 30.7 Å². The third-order valence-electron chi connectivity index (χ3n) is 5.12. The number of ketones is 1. The van der Waals surface area contributed by atoms with Crippen molar-refractivity contribution in [2.24, 2.45) is 0 Å². The first-order valence-corrected chi connectivity index (χ1v) is 10.0. The van der Waals surface area contributed by atoms with Crippen LogP contribution in [0, 0.1) is 0 Å². The lowest BCUT2D eigenvalue weighted by Crippen LogP contribution is -2.45. The maximum atomic E-state index is 13.3. The molecule has 0 spiro atoms. The van der Waals surface area contributed by atoms with Crippen LogP contribution in [0.1, 0.15) is 34.1 Å². The van der Waals surface area contributed by atoms with Crippen LogP contribution in [0.25, 0.3) is 0 Å².